The SMILES string of the molecule is Cc1sc2c(c1C)C(c1ccc(C3CN(C(=O)C4CCN(c5ccc([C@@H]6c7ccc(O)cc7CC[C@@H]6c6ccccc6)cc5)CC4)C3)cc1)=N[C@@H](Cc1ncco1)c1nnc(C)n1-2. The van der Waals surface area contributed by atoms with Crippen molar-refractivity contribution in [3.63, 3.8) is 0 Å². The lowest BCUT2D eigenvalue weighted by atomic mass is 9.69. The van der Waals surface area contributed by atoms with Gasteiger partial charge in [-0.3, -0.25) is 14.4 Å². The fraction of sp³-hybridized carbons (Fsp3) is 0.327. The highest BCUT2D eigenvalue weighted by atomic mass is 32.1. The minimum Gasteiger partial charge on any atom is -0.508 e. The van der Waals surface area contributed by atoms with E-state index in [1.807, 2.05) is 19.1 Å². The standard InChI is InChI=1S/C52H51N7O3S/c1-31-32(2)63-52-47(31)49(54-45(28-46-53-23-26-62-46)50-56-55-33(3)59(50)52)37-11-9-34(10-12-37)40-29-58(30-40)51(61)38-21-24-57(25-22-38)41-16-13-36(14-17-41)48-43(35-7-5-4-6-8-35)19-15-39-27-42(60)18-20-44(39)48/h4-14,16-18,20,23,26-27,38,40,43,45,48,60H,15,19,21-22,24-25,28-30H2,1-3H3/t43-,45+,48+/m1/s1. The summed E-state index contributed by atoms with van der Waals surface area (Å²) in [5.41, 5.74) is 12.0. The summed E-state index contributed by atoms with van der Waals surface area (Å²) in [6.07, 6.45) is 7.49. The number of anilines is 1. The van der Waals surface area contributed by atoms with E-state index < -0.39 is 0 Å². The number of oxazole rings is 1. The molecule has 11 heteroatoms. The molecule has 4 aromatic carbocycles. The predicted octanol–water partition coefficient (Wildman–Crippen LogP) is 9.79. The number of carbonyl (C=O) groups is 1. The molecule has 1 amide bonds. The number of hydrogen-bond donors (Lipinski definition) is 1. The molecule has 1 N–H and O–H groups in total. The van der Waals surface area contributed by atoms with E-state index in [0.717, 1.165) is 85.4 Å². The Balaban J connectivity index is 0.740. The molecule has 0 bridgehead atoms. The highest BCUT2D eigenvalue weighted by molar-refractivity contribution is 7.15. The van der Waals surface area contributed by atoms with Crippen LogP contribution in [0.5, 0.6) is 5.75 Å². The Morgan fingerprint density at radius 2 is 1.62 bits per heavy atom. The van der Waals surface area contributed by atoms with Crippen LogP contribution in [0.15, 0.2) is 119 Å². The zero-order chi connectivity index (χ0) is 42.8. The number of phenols is 1. The molecule has 0 unspecified atom stereocenters. The molecule has 3 atom stereocenters. The Hall–Kier alpha value is -6.33. The smallest absolute Gasteiger partial charge is 0.225 e. The first kappa shape index (κ1) is 39.5. The van der Waals surface area contributed by atoms with E-state index in [2.05, 4.69) is 128 Å². The summed E-state index contributed by atoms with van der Waals surface area (Å²) in [5, 5.41) is 20.4. The molecule has 0 radical (unpaired) electrons. The topological polar surface area (TPSA) is 113 Å². The van der Waals surface area contributed by atoms with Crippen molar-refractivity contribution in [1.29, 1.82) is 0 Å². The van der Waals surface area contributed by atoms with Gasteiger partial charge in [0.25, 0.3) is 0 Å². The Morgan fingerprint density at radius 3 is 2.37 bits per heavy atom. The van der Waals surface area contributed by atoms with Gasteiger partial charge in [-0.2, -0.15) is 0 Å². The number of likely N-dealkylation sites (tertiary alicyclic amines) is 1. The highest BCUT2D eigenvalue weighted by Crippen LogP contribution is 2.47. The lowest BCUT2D eigenvalue weighted by molar-refractivity contribution is -0.140. The van der Waals surface area contributed by atoms with Crippen LogP contribution in [0.3, 0.4) is 0 Å². The molecule has 4 aliphatic rings. The summed E-state index contributed by atoms with van der Waals surface area (Å²) in [6, 6.07) is 34.5. The van der Waals surface area contributed by atoms with E-state index in [9.17, 15) is 9.90 Å². The van der Waals surface area contributed by atoms with Crippen molar-refractivity contribution < 1.29 is 14.3 Å². The minimum atomic E-state index is -0.312. The van der Waals surface area contributed by atoms with Gasteiger partial charge in [-0.15, -0.1) is 21.5 Å². The van der Waals surface area contributed by atoms with Gasteiger partial charge >= 0.3 is 0 Å². The number of aliphatic imine (C=N–C) groups is 1. The first-order chi connectivity index (χ1) is 30.8. The molecule has 63 heavy (non-hydrogen) atoms. The number of rotatable bonds is 8. The van der Waals surface area contributed by atoms with Gasteiger partial charge in [-0.1, -0.05) is 72.8 Å². The van der Waals surface area contributed by atoms with E-state index in [4.69, 9.17) is 9.41 Å². The van der Waals surface area contributed by atoms with Crippen LogP contribution >= 0.6 is 11.3 Å². The molecule has 6 heterocycles. The molecule has 1 aliphatic carbocycles. The maximum absolute atomic E-state index is 13.8. The Labute approximate surface area is 372 Å². The van der Waals surface area contributed by atoms with Crippen LogP contribution in [-0.4, -0.2) is 67.6 Å². The summed E-state index contributed by atoms with van der Waals surface area (Å²) in [7, 11) is 0. The van der Waals surface area contributed by atoms with E-state index in [0.29, 0.717) is 35.8 Å². The number of benzene rings is 4. The zero-order valence-corrected chi connectivity index (χ0v) is 36.8. The number of carbonyl (C=O) groups excluding carboxylic acids is 1. The van der Waals surface area contributed by atoms with E-state index >= 15 is 0 Å². The van der Waals surface area contributed by atoms with Gasteiger partial charge in [0.2, 0.25) is 5.91 Å². The largest absolute Gasteiger partial charge is 0.508 e. The molecule has 2 fully saturated rings. The molecule has 3 aromatic heterocycles. The first-order valence-corrected chi connectivity index (χ1v) is 23.2. The molecule has 3 aliphatic heterocycles. The van der Waals surface area contributed by atoms with Crippen LogP contribution < -0.4 is 4.90 Å². The average Bonchev–Trinajstić information content (AvgIpc) is 4.01. The normalized spacial score (nSPS) is 20.0. The summed E-state index contributed by atoms with van der Waals surface area (Å²) >= 11 is 1.75. The zero-order valence-electron chi connectivity index (χ0n) is 35.9. The number of thiophene rings is 1. The number of aromatic nitrogens is 4. The van der Waals surface area contributed by atoms with E-state index in [-0.39, 0.29) is 17.9 Å². The van der Waals surface area contributed by atoms with Crippen LogP contribution in [0.2, 0.25) is 0 Å². The number of aromatic hydroxyl groups is 1. The monoisotopic (exact) mass is 853 g/mol. The number of piperidine rings is 1. The van der Waals surface area contributed by atoms with Crippen LogP contribution in [0, 0.1) is 26.7 Å². The number of nitrogens with zero attached hydrogens (tertiary/aromatic N) is 7. The van der Waals surface area contributed by atoms with E-state index in [1.54, 1.807) is 23.8 Å². The maximum atomic E-state index is 13.8. The van der Waals surface area contributed by atoms with Crippen molar-refractivity contribution in [2.24, 2.45) is 10.9 Å². The number of fused-ring (bicyclic) bond motifs is 4. The Kier molecular flexibility index (Phi) is 10.1. The molecule has 7 aromatic rings. The first-order valence-electron chi connectivity index (χ1n) is 22.4. The van der Waals surface area contributed by atoms with Gasteiger partial charge in [0, 0.05) is 65.6 Å². The Morgan fingerprint density at radius 1 is 0.857 bits per heavy atom. The van der Waals surface area contributed by atoms with Crippen molar-refractivity contribution in [2.45, 2.75) is 76.7 Å². The number of aryl methyl sites for hydroxylation is 3. The van der Waals surface area contributed by atoms with Crippen molar-refractivity contribution in [1.82, 2.24) is 24.6 Å². The van der Waals surface area contributed by atoms with Gasteiger partial charge < -0.3 is 19.3 Å². The summed E-state index contributed by atoms with van der Waals surface area (Å²) in [5.74, 6) is 3.86. The molecular formula is C52H51N7O3S. The third-order valence-electron chi connectivity index (χ3n) is 14.2. The molecule has 0 spiro atoms. The number of hydrogen-bond acceptors (Lipinski definition) is 9. The Bertz CT molecular complexity index is 2810. The number of phenolic OH excluding ortho intramolecular Hbond substituents is 1. The third-order valence-corrected chi connectivity index (χ3v) is 15.4. The lowest BCUT2D eigenvalue weighted by Gasteiger charge is -2.43. The second-order valence-electron chi connectivity index (χ2n) is 17.9. The van der Waals surface area contributed by atoms with Gasteiger partial charge in [-0.25, -0.2) is 4.98 Å². The summed E-state index contributed by atoms with van der Waals surface area (Å²) in [6.45, 7) is 9.59. The summed E-state index contributed by atoms with van der Waals surface area (Å²) in [4.78, 5) is 29.4. The van der Waals surface area contributed by atoms with E-state index in [1.165, 1.54) is 43.9 Å². The quantitative estimate of drug-likeness (QED) is 0.162. The lowest BCUT2D eigenvalue weighted by Crippen LogP contribution is -2.52. The fourth-order valence-electron chi connectivity index (χ4n) is 10.6. The molecule has 11 rings (SSSR count). The van der Waals surface area contributed by atoms with Gasteiger partial charge in [0.05, 0.1) is 18.3 Å². The van der Waals surface area contributed by atoms with Crippen molar-refractivity contribution >= 4 is 28.6 Å². The fourth-order valence-corrected chi connectivity index (χ4v) is 11.9. The van der Waals surface area contributed by atoms with Gasteiger partial charge in [0.1, 0.15) is 28.9 Å². The molecule has 2 saturated heterocycles. The minimum absolute atomic E-state index is 0.0585. The molecule has 10 nitrogen and oxygen atoms in total. The maximum Gasteiger partial charge on any atom is 0.225 e. The van der Waals surface area contributed by atoms with Crippen LogP contribution in [0.1, 0.15) is 110 Å². The van der Waals surface area contributed by atoms with Crippen molar-refractivity contribution in [3.05, 3.63) is 176 Å². The van der Waals surface area contributed by atoms with Crippen molar-refractivity contribution in [3.8, 4) is 10.8 Å². The van der Waals surface area contributed by atoms with Crippen LogP contribution in [0.25, 0.3) is 5.00 Å². The van der Waals surface area contributed by atoms with Crippen LogP contribution in [-0.2, 0) is 17.6 Å². The highest BCUT2D eigenvalue weighted by Gasteiger charge is 2.38. The molecular weight excluding hydrogens is 803 g/mol. The molecule has 318 valence electrons. The van der Waals surface area contributed by atoms with Crippen molar-refractivity contribution in [2.75, 3.05) is 31.1 Å². The second-order valence-corrected chi connectivity index (χ2v) is 19.1. The van der Waals surface area contributed by atoms with Gasteiger partial charge in [0.15, 0.2) is 11.7 Å². The van der Waals surface area contributed by atoms with Crippen LogP contribution in [0.4, 0.5) is 5.69 Å². The summed E-state index contributed by atoms with van der Waals surface area (Å²) < 4.78 is 7.82. The average molecular weight is 854 g/mol. The second kappa shape index (κ2) is 16.1. The third kappa shape index (κ3) is 7.16. The van der Waals surface area contributed by atoms with Gasteiger partial charge in [-0.05, 0) is 110 Å². The molecule has 0 saturated carbocycles. The number of amides is 1. The predicted molar refractivity (Wildman–Crippen MR) is 247 cm³/mol.